The number of aryl methyl sites for hydroxylation is 3. The summed E-state index contributed by atoms with van der Waals surface area (Å²) in [5, 5.41) is 7.50. The molecule has 4 nitrogen and oxygen atoms in total. The highest BCUT2D eigenvalue weighted by atomic mass is 16.1. The van der Waals surface area contributed by atoms with Crippen LogP contribution in [0.3, 0.4) is 0 Å². The molecule has 1 heterocycles. The van der Waals surface area contributed by atoms with Crippen molar-refractivity contribution in [1.29, 1.82) is 0 Å². The number of rotatable bonds is 5. The van der Waals surface area contributed by atoms with Gasteiger partial charge in [0.05, 0.1) is 11.4 Å². The predicted octanol–water partition coefficient (Wildman–Crippen LogP) is 2.70. The Bertz CT molecular complexity index is 639. The zero-order valence-corrected chi connectivity index (χ0v) is 12.6. The van der Waals surface area contributed by atoms with Gasteiger partial charge in [0.25, 0.3) is 0 Å². The largest absolute Gasteiger partial charge is 0.353 e. The molecule has 4 heteroatoms. The molecule has 1 aromatic carbocycles. The molecule has 1 aromatic heterocycles. The first-order chi connectivity index (χ1) is 10.1. The Hall–Kier alpha value is -2.10. The fourth-order valence-electron chi connectivity index (χ4n) is 2.48. The maximum atomic E-state index is 11.7. The third-order valence-electron chi connectivity index (χ3n) is 3.77. The quantitative estimate of drug-likeness (QED) is 0.917. The molecular weight excluding hydrogens is 262 g/mol. The van der Waals surface area contributed by atoms with Crippen LogP contribution in [0, 0.1) is 13.8 Å². The van der Waals surface area contributed by atoms with Crippen LogP contribution in [0.5, 0.6) is 0 Å². The van der Waals surface area contributed by atoms with E-state index in [0.29, 0.717) is 12.5 Å². The molecular formula is C17H21N3O. The summed E-state index contributed by atoms with van der Waals surface area (Å²) in [6.45, 7) is 4.05. The summed E-state index contributed by atoms with van der Waals surface area (Å²) in [6, 6.07) is 10.8. The second-order valence-corrected chi connectivity index (χ2v) is 5.85. The van der Waals surface area contributed by atoms with Crippen molar-refractivity contribution in [1.82, 2.24) is 15.1 Å². The van der Waals surface area contributed by atoms with Gasteiger partial charge in [-0.1, -0.05) is 12.1 Å². The average molecular weight is 283 g/mol. The first-order valence-electron chi connectivity index (χ1n) is 7.54. The lowest BCUT2D eigenvalue weighted by Crippen LogP contribution is -2.25. The smallest absolute Gasteiger partial charge is 0.220 e. The molecule has 0 atom stereocenters. The number of nitrogens with zero attached hydrogens (tertiary/aromatic N) is 2. The summed E-state index contributed by atoms with van der Waals surface area (Å²) in [5.74, 6) is 0.167. The molecule has 1 saturated carbocycles. The van der Waals surface area contributed by atoms with Crippen LogP contribution in [0.15, 0.2) is 30.3 Å². The lowest BCUT2D eigenvalue weighted by Gasteiger charge is -2.07. The zero-order valence-electron chi connectivity index (χ0n) is 12.6. The maximum absolute atomic E-state index is 11.7. The Labute approximate surface area is 125 Å². The summed E-state index contributed by atoms with van der Waals surface area (Å²) in [5.41, 5.74) is 4.40. The SMILES string of the molecule is Cc1cc(C)n(-c2ccc(CCC(=O)NC3CC3)cc2)n1. The molecule has 1 aliphatic carbocycles. The van der Waals surface area contributed by atoms with Crippen molar-refractivity contribution in [3.8, 4) is 5.69 Å². The van der Waals surface area contributed by atoms with E-state index in [9.17, 15) is 4.79 Å². The molecule has 1 amide bonds. The van der Waals surface area contributed by atoms with Gasteiger partial charge in [-0.3, -0.25) is 4.79 Å². The first kappa shape index (κ1) is 13.9. The minimum absolute atomic E-state index is 0.167. The molecule has 0 saturated heterocycles. The topological polar surface area (TPSA) is 46.9 Å². The monoisotopic (exact) mass is 283 g/mol. The van der Waals surface area contributed by atoms with Crippen LogP contribution in [-0.4, -0.2) is 21.7 Å². The summed E-state index contributed by atoms with van der Waals surface area (Å²) in [4.78, 5) is 11.7. The number of carbonyl (C=O) groups excluding carboxylic acids is 1. The minimum Gasteiger partial charge on any atom is -0.353 e. The van der Waals surface area contributed by atoms with Crippen molar-refractivity contribution in [2.24, 2.45) is 0 Å². The lowest BCUT2D eigenvalue weighted by atomic mass is 10.1. The Morgan fingerprint density at radius 2 is 2.00 bits per heavy atom. The molecule has 110 valence electrons. The van der Waals surface area contributed by atoms with Gasteiger partial charge in [-0.25, -0.2) is 4.68 Å². The lowest BCUT2D eigenvalue weighted by molar-refractivity contribution is -0.121. The van der Waals surface area contributed by atoms with Crippen molar-refractivity contribution in [2.45, 2.75) is 45.6 Å². The van der Waals surface area contributed by atoms with Gasteiger partial charge in [-0.2, -0.15) is 5.10 Å². The van der Waals surface area contributed by atoms with Gasteiger partial charge in [-0.05, 0) is 56.9 Å². The van der Waals surface area contributed by atoms with Gasteiger partial charge >= 0.3 is 0 Å². The molecule has 0 bridgehead atoms. The molecule has 1 fully saturated rings. The molecule has 1 N–H and O–H groups in total. The number of amides is 1. The van der Waals surface area contributed by atoms with Crippen LogP contribution in [-0.2, 0) is 11.2 Å². The highest BCUT2D eigenvalue weighted by Gasteiger charge is 2.22. The van der Waals surface area contributed by atoms with E-state index in [2.05, 4.69) is 47.7 Å². The van der Waals surface area contributed by atoms with Crippen molar-refractivity contribution in [3.63, 3.8) is 0 Å². The molecule has 0 radical (unpaired) electrons. The summed E-state index contributed by atoms with van der Waals surface area (Å²) in [6.07, 6.45) is 3.64. The molecule has 1 aliphatic rings. The Morgan fingerprint density at radius 1 is 1.29 bits per heavy atom. The van der Waals surface area contributed by atoms with Crippen molar-refractivity contribution < 1.29 is 4.79 Å². The van der Waals surface area contributed by atoms with E-state index in [4.69, 9.17) is 0 Å². The van der Waals surface area contributed by atoms with Crippen LogP contribution < -0.4 is 5.32 Å². The van der Waals surface area contributed by atoms with Gasteiger partial charge in [0, 0.05) is 18.2 Å². The fraction of sp³-hybridized carbons (Fsp3) is 0.412. The van der Waals surface area contributed by atoms with E-state index in [1.165, 1.54) is 5.56 Å². The second kappa shape index (κ2) is 5.72. The van der Waals surface area contributed by atoms with E-state index in [1.54, 1.807) is 0 Å². The van der Waals surface area contributed by atoms with Crippen molar-refractivity contribution in [3.05, 3.63) is 47.3 Å². The van der Waals surface area contributed by atoms with Crippen LogP contribution >= 0.6 is 0 Å². The van der Waals surface area contributed by atoms with E-state index < -0.39 is 0 Å². The van der Waals surface area contributed by atoms with Gasteiger partial charge in [0.1, 0.15) is 0 Å². The highest BCUT2D eigenvalue weighted by Crippen LogP contribution is 2.19. The van der Waals surface area contributed by atoms with Gasteiger partial charge in [0.15, 0.2) is 0 Å². The zero-order chi connectivity index (χ0) is 14.8. The van der Waals surface area contributed by atoms with Crippen LogP contribution in [0.4, 0.5) is 0 Å². The van der Waals surface area contributed by atoms with E-state index >= 15 is 0 Å². The van der Waals surface area contributed by atoms with Gasteiger partial charge < -0.3 is 5.32 Å². The number of nitrogens with one attached hydrogen (secondary N) is 1. The van der Waals surface area contributed by atoms with Crippen LogP contribution in [0.25, 0.3) is 5.69 Å². The summed E-state index contributed by atoms with van der Waals surface area (Å²) < 4.78 is 1.94. The fourth-order valence-corrected chi connectivity index (χ4v) is 2.48. The summed E-state index contributed by atoms with van der Waals surface area (Å²) >= 11 is 0. The molecule has 3 rings (SSSR count). The van der Waals surface area contributed by atoms with Crippen LogP contribution in [0.1, 0.15) is 36.2 Å². The Kier molecular flexibility index (Phi) is 3.78. The number of hydrogen-bond acceptors (Lipinski definition) is 2. The Balaban J connectivity index is 1.61. The van der Waals surface area contributed by atoms with E-state index in [0.717, 1.165) is 36.3 Å². The third kappa shape index (κ3) is 3.51. The van der Waals surface area contributed by atoms with E-state index in [-0.39, 0.29) is 5.91 Å². The van der Waals surface area contributed by atoms with E-state index in [1.807, 2.05) is 11.6 Å². The average Bonchev–Trinajstić information content (AvgIpc) is 3.20. The molecule has 0 aliphatic heterocycles. The van der Waals surface area contributed by atoms with Crippen LogP contribution in [0.2, 0.25) is 0 Å². The Morgan fingerprint density at radius 3 is 2.57 bits per heavy atom. The summed E-state index contributed by atoms with van der Waals surface area (Å²) in [7, 11) is 0. The number of carbonyl (C=O) groups is 1. The minimum atomic E-state index is 0.167. The molecule has 0 spiro atoms. The maximum Gasteiger partial charge on any atom is 0.220 e. The molecule has 21 heavy (non-hydrogen) atoms. The molecule has 2 aromatic rings. The number of aromatic nitrogens is 2. The standard InChI is InChI=1S/C17H21N3O/c1-12-11-13(2)20(19-12)16-8-3-14(4-9-16)5-10-17(21)18-15-6-7-15/h3-4,8-9,11,15H,5-7,10H2,1-2H3,(H,18,21). The van der Waals surface area contributed by atoms with Crippen molar-refractivity contribution in [2.75, 3.05) is 0 Å². The first-order valence-corrected chi connectivity index (χ1v) is 7.54. The van der Waals surface area contributed by atoms with Gasteiger partial charge in [-0.15, -0.1) is 0 Å². The number of hydrogen-bond donors (Lipinski definition) is 1. The highest BCUT2D eigenvalue weighted by molar-refractivity contribution is 5.76. The second-order valence-electron chi connectivity index (χ2n) is 5.85. The molecule has 0 unspecified atom stereocenters. The third-order valence-corrected chi connectivity index (χ3v) is 3.77. The normalized spacial score (nSPS) is 14.2. The number of benzene rings is 1. The van der Waals surface area contributed by atoms with Gasteiger partial charge in [0.2, 0.25) is 5.91 Å². The predicted molar refractivity (Wildman–Crippen MR) is 82.5 cm³/mol. The van der Waals surface area contributed by atoms with Crippen molar-refractivity contribution >= 4 is 5.91 Å².